The Kier molecular flexibility index (Phi) is 4.01. The van der Waals surface area contributed by atoms with Crippen LogP contribution in [0.15, 0.2) is 5.16 Å². The monoisotopic (exact) mass is 257 g/mol. The van der Waals surface area contributed by atoms with Crippen molar-refractivity contribution in [3.05, 3.63) is 5.82 Å². The number of carbonyl (C=O) groups is 1. The van der Waals surface area contributed by atoms with Gasteiger partial charge in [0.2, 0.25) is 0 Å². The van der Waals surface area contributed by atoms with Crippen LogP contribution in [0.25, 0.3) is 0 Å². The molecule has 0 aromatic carbocycles. The Morgan fingerprint density at radius 2 is 2.35 bits per heavy atom. The number of carboxylic acid groups (broad SMARTS) is 1. The van der Waals surface area contributed by atoms with Crippen LogP contribution in [0, 0.1) is 0 Å². The maximum Gasteiger partial charge on any atom is 0.313 e. The molecule has 0 aliphatic heterocycles. The number of thioether (sulfide) groups is 1. The first-order valence-electron chi connectivity index (χ1n) is 5.58. The zero-order chi connectivity index (χ0) is 12.3. The molecule has 0 unspecified atom stereocenters. The average Bonchev–Trinajstić information content (AvgIpc) is 3.05. The summed E-state index contributed by atoms with van der Waals surface area (Å²) in [5.41, 5.74) is 0. The summed E-state index contributed by atoms with van der Waals surface area (Å²) in [4.78, 5) is 10.5. The van der Waals surface area contributed by atoms with Crippen LogP contribution in [0.5, 0.6) is 0 Å². The van der Waals surface area contributed by atoms with Crippen molar-refractivity contribution in [2.75, 3.05) is 12.4 Å². The standard InChI is InChI=1S/C10H15N3O3S/c1-2-16-5-8-11-12-10(17-6-9(14)15)13(8)7-3-4-7/h7H,2-6H2,1H3,(H,14,15). The number of ether oxygens (including phenoxy) is 1. The Hall–Kier alpha value is -1.08. The molecule has 1 aromatic rings. The lowest BCUT2D eigenvalue weighted by atomic mass is 10.5. The van der Waals surface area contributed by atoms with Crippen LogP contribution in [-0.4, -0.2) is 38.2 Å². The van der Waals surface area contributed by atoms with Crippen molar-refractivity contribution < 1.29 is 14.6 Å². The van der Waals surface area contributed by atoms with Gasteiger partial charge in [-0.1, -0.05) is 11.8 Å². The molecule has 0 spiro atoms. The summed E-state index contributed by atoms with van der Waals surface area (Å²) < 4.78 is 7.35. The van der Waals surface area contributed by atoms with E-state index in [-0.39, 0.29) is 5.75 Å². The van der Waals surface area contributed by atoms with Gasteiger partial charge >= 0.3 is 5.97 Å². The topological polar surface area (TPSA) is 77.2 Å². The Bertz CT molecular complexity index is 404. The number of aromatic nitrogens is 3. The molecular weight excluding hydrogens is 242 g/mol. The van der Waals surface area contributed by atoms with Gasteiger partial charge in [0.05, 0.1) is 5.75 Å². The van der Waals surface area contributed by atoms with Crippen molar-refractivity contribution in [2.45, 2.75) is 37.6 Å². The molecule has 6 nitrogen and oxygen atoms in total. The fraction of sp³-hybridized carbons (Fsp3) is 0.700. The molecule has 1 N–H and O–H groups in total. The molecule has 0 atom stereocenters. The summed E-state index contributed by atoms with van der Waals surface area (Å²) in [6.45, 7) is 3.00. The minimum atomic E-state index is -0.841. The summed E-state index contributed by atoms with van der Waals surface area (Å²) in [6.07, 6.45) is 2.22. The SMILES string of the molecule is CCOCc1nnc(SCC(=O)O)n1C1CC1. The molecule has 0 saturated heterocycles. The molecule has 1 aromatic heterocycles. The third-order valence-corrected chi connectivity index (χ3v) is 3.34. The number of nitrogens with zero attached hydrogens (tertiary/aromatic N) is 3. The highest BCUT2D eigenvalue weighted by molar-refractivity contribution is 7.99. The minimum Gasteiger partial charge on any atom is -0.481 e. The molecule has 0 bridgehead atoms. The van der Waals surface area contributed by atoms with Crippen LogP contribution in [-0.2, 0) is 16.1 Å². The summed E-state index contributed by atoms with van der Waals surface area (Å²) in [6, 6.07) is 0.428. The molecule has 2 rings (SSSR count). The molecule has 0 radical (unpaired) electrons. The van der Waals surface area contributed by atoms with Gasteiger partial charge in [0.15, 0.2) is 11.0 Å². The number of hydrogen-bond acceptors (Lipinski definition) is 5. The third-order valence-electron chi connectivity index (χ3n) is 2.41. The van der Waals surface area contributed by atoms with Crippen LogP contribution in [0.2, 0.25) is 0 Å². The molecule has 1 aliphatic rings. The lowest BCUT2D eigenvalue weighted by Crippen LogP contribution is -2.06. The third kappa shape index (κ3) is 3.19. The Balaban J connectivity index is 2.09. The Morgan fingerprint density at radius 3 is 2.94 bits per heavy atom. The van der Waals surface area contributed by atoms with E-state index in [0.717, 1.165) is 18.7 Å². The fourth-order valence-corrected chi connectivity index (χ4v) is 2.27. The van der Waals surface area contributed by atoms with Crippen molar-refractivity contribution in [3.8, 4) is 0 Å². The minimum absolute atomic E-state index is 0.0134. The van der Waals surface area contributed by atoms with Gasteiger partial charge < -0.3 is 14.4 Å². The highest BCUT2D eigenvalue weighted by atomic mass is 32.2. The van der Waals surface area contributed by atoms with Crippen molar-refractivity contribution in [1.29, 1.82) is 0 Å². The molecule has 94 valence electrons. The van der Waals surface area contributed by atoms with E-state index in [4.69, 9.17) is 9.84 Å². The number of aliphatic carboxylic acids is 1. The predicted octanol–water partition coefficient (Wildman–Crippen LogP) is 1.33. The quantitative estimate of drug-likeness (QED) is 0.742. The molecule has 1 heterocycles. The van der Waals surface area contributed by atoms with Gasteiger partial charge in [-0.2, -0.15) is 0 Å². The van der Waals surface area contributed by atoms with Crippen molar-refractivity contribution >= 4 is 17.7 Å². The molecule has 0 amide bonds. The van der Waals surface area contributed by atoms with Gasteiger partial charge in [-0.15, -0.1) is 10.2 Å². The predicted molar refractivity (Wildman–Crippen MR) is 62.0 cm³/mol. The zero-order valence-corrected chi connectivity index (χ0v) is 10.4. The summed E-state index contributed by atoms with van der Waals surface area (Å²) in [7, 11) is 0. The second-order valence-corrected chi connectivity index (χ2v) is 4.76. The second-order valence-electron chi connectivity index (χ2n) is 3.82. The van der Waals surface area contributed by atoms with Crippen molar-refractivity contribution in [3.63, 3.8) is 0 Å². The molecule has 1 aliphatic carbocycles. The first-order chi connectivity index (χ1) is 8.22. The van der Waals surface area contributed by atoms with Gasteiger partial charge in [-0.3, -0.25) is 4.79 Å². The second kappa shape index (κ2) is 5.50. The van der Waals surface area contributed by atoms with Crippen LogP contribution < -0.4 is 0 Å². The highest BCUT2D eigenvalue weighted by Crippen LogP contribution is 2.38. The lowest BCUT2D eigenvalue weighted by molar-refractivity contribution is -0.133. The van der Waals surface area contributed by atoms with E-state index in [2.05, 4.69) is 10.2 Å². The van der Waals surface area contributed by atoms with Crippen LogP contribution >= 0.6 is 11.8 Å². The zero-order valence-electron chi connectivity index (χ0n) is 9.63. The summed E-state index contributed by atoms with van der Waals surface area (Å²) in [5.74, 6) is -0.0339. The Labute approximate surface area is 103 Å². The van der Waals surface area contributed by atoms with Crippen molar-refractivity contribution in [2.24, 2.45) is 0 Å². The maximum atomic E-state index is 10.5. The van der Waals surface area contributed by atoms with Crippen LogP contribution in [0.3, 0.4) is 0 Å². The lowest BCUT2D eigenvalue weighted by Gasteiger charge is -2.07. The van der Waals surface area contributed by atoms with E-state index in [1.54, 1.807) is 0 Å². The van der Waals surface area contributed by atoms with Crippen LogP contribution in [0.1, 0.15) is 31.6 Å². The Morgan fingerprint density at radius 1 is 1.59 bits per heavy atom. The van der Waals surface area contributed by atoms with Gasteiger partial charge in [-0.25, -0.2) is 0 Å². The van der Waals surface area contributed by atoms with Gasteiger partial charge in [0.1, 0.15) is 6.61 Å². The van der Waals surface area contributed by atoms with E-state index in [1.165, 1.54) is 11.8 Å². The average molecular weight is 257 g/mol. The number of rotatable bonds is 7. The largest absolute Gasteiger partial charge is 0.481 e. The molecule has 1 fully saturated rings. The van der Waals surface area contributed by atoms with Gasteiger partial charge in [0, 0.05) is 12.6 Å². The van der Waals surface area contributed by atoms with Gasteiger partial charge in [-0.05, 0) is 19.8 Å². The first kappa shape index (κ1) is 12.4. The van der Waals surface area contributed by atoms with E-state index in [1.807, 2.05) is 11.5 Å². The fourth-order valence-electron chi connectivity index (χ4n) is 1.52. The number of carboxylic acids is 1. The first-order valence-corrected chi connectivity index (χ1v) is 6.57. The molecular formula is C10H15N3O3S. The van der Waals surface area contributed by atoms with Crippen molar-refractivity contribution in [1.82, 2.24) is 14.8 Å². The molecule has 17 heavy (non-hydrogen) atoms. The maximum absolute atomic E-state index is 10.5. The number of hydrogen-bond donors (Lipinski definition) is 1. The van der Waals surface area contributed by atoms with Gasteiger partial charge in [0.25, 0.3) is 0 Å². The van der Waals surface area contributed by atoms with E-state index in [9.17, 15) is 4.79 Å². The molecule has 1 saturated carbocycles. The van der Waals surface area contributed by atoms with E-state index >= 15 is 0 Å². The van der Waals surface area contributed by atoms with E-state index < -0.39 is 5.97 Å². The highest BCUT2D eigenvalue weighted by Gasteiger charge is 2.29. The normalized spacial score (nSPS) is 15.1. The smallest absolute Gasteiger partial charge is 0.313 e. The summed E-state index contributed by atoms with van der Waals surface area (Å²) in [5, 5.41) is 17.5. The summed E-state index contributed by atoms with van der Waals surface area (Å²) >= 11 is 1.21. The van der Waals surface area contributed by atoms with Crippen LogP contribution in [0.4, 0.5) is 0 Å². The van der Waals surface area contributed by atoms with E-state index in [0.29, 0.717) is 24.4 Å². The molecule has 7 heteroatoms.